The molecule has 0 atom stereocenters. The van der Waals surface area contributed by atoms with Crippen molar-refractivity contribution in [3.63, 3.8) is 0 Å². The van der Waals surface area contributed by atoms with Gasteiger partial charge in [0.2, 0.25) is 0 Å². The van der Waals surface area contributed by atoms with Gasteiger partial charge in [0.15, 0.2) is 0 Å². The predicted molar refractivity (Wildman–Crippen MR) is 86.8 cm³/mol. The smallest absolute Gasteiger partial charge is 0.0277 e. The van der Waals surface area contributed by atoms with Crippen LogP contribution in [0, 0.1) is 0 Å². The van der Waals surface area contributed by atoms with Crippen molar-refractivity contribution >= 4 is 6.21 Å². The number of aliphatic imine (C=N–C) groups is 1. The molecule has 0 heterocycles. The van der Waals surface area contributed by atoms with Gasteiger partial charge >= 0.3 is 0 Å². The molecule has 1 rings (SSSR count). The van der Waals surface area contributed by atoms with Gasteiger partial charge in [0.1, 0.15) is 0 Å². The highest BCUT2D eigenvalue weighted by molar-refractivity contribution is 5.72. The molecule has 0 saturated carbocycles. The Balaban J connectivity index is 2.50. The molecule has 1 heteroatoms. The summed E-state index contributed by atoms with van der Waals surface area (Å²) in [5.41, 5.74) is 3.96. The van der Waals surface area contributed by atoms with E-state index in [4.69, 9.17) is 0 Å². The Morgan fingerprint density at radius 1 is 1.11 bits per heavy atom. The molecule has 19 heavy (non-hydrogen) atoms. The summed E-state index contributed by atoms with van der Waals surface area (Å²) in [5, 5.41) is 0. The van der Waals surface area contributed by atoms with Gasteiger partial charge in [0.05, 0.1) is 0 Å². The van der Waals surface area contributed by atoms with Crippen LogP contribution in [0.5, 0.6) is 0 Å². The van der Waals surface area contributed by atoms with Crippen LogP contribution < -0.4 is 0 Å². The molecule has 0 aromatic heterocycles. The third-order valence-electron chi connectivity index (χ3n) is 3.09. The van der Waals surface area contributed by atoms with Gasteiger partial charge in [-0.1, -0.05) is 47.6 Å². The first-order valence-electron chi connectivity index (χ1n) is 7.03. The zero-order chi connectivity index (χ0) is 13.9. The van der Waals surface area contributed by atoms with Crippen molar-refractivity contribution in [3.05, 3.63) is 59.3 Å². The Kier molecular flexibility index (Phi) is 7.57. The van der Waals surface area contributed by atoms with Gasteiger partial charge in [-0.3, -0.25) is 4.99 Å². The van der Waals surface area contributed by atoms with Crippen LogP contribution in [0.15, 0.2) is 64.2 Å². The van der Waals surface area contributed by atoms with E-state index >= 15 is 0 Å². The van der Waals surface area contributed by atoms with Crippen LogP contribution in [0.25, 0.3) is 0 Å². The lowest BCUT2D eigenvalue weighted by atomic mass is 9.99. The zero-order valence-corrected chi connectivity index (χ0v) is 12.4. The van der Waals surface area contributed by atoms with Crippen LogP contribution in [-0.2, 0) is 0 Å². The van der Waals surface area contributed by atoms with Crippen LogP contribution in [0.4, 0.5) is 0 Å². The first-order valence-corrected chi connectivity index (χ1v) is 7.03. The van der Waals surface area contributed by atoms with Crippen LogP contribution in [-0.4, -0.2) is 13.3 Å². The number of hydrogen-bond donors (Lipinski definition) is 0. The molecule has 0 unspecified atom stereocenters. The van der Waals surface area contributed by atoms with Gasteiger partial charge < -0.3 is 0 Å². The van der Waals surface area contributed by atoms with E-state index in [1.54, 1.807) is 7.05 Å². The number of allylic oxidation sites excluding steroid dienone is 10. The Labute approximate surface area is 117 Å². The van der Waals surface area contributed by atoms with E-state index in [1.807, 2.05) is 12.3 Å². The van der Waals surface area contributed by atoms with Crippen molar-refractivity contribution < 1.29 is 0 Å². The summed E-state index contributed by atoms with van der Waals surface area (Å²) in [5.74, 6) is 0. The molecule has 0 N–H and O–H groups in total. The average molecular weight is 255 g/mol. The highest BCUT2D eigenvalue weighted by atomic mass is 14.6. The molecule has 0 aromatic carbocycles. The molecule has 0 amide bonds. The molecule has 0 aliphatic heterocycles. The maximum atomic E-state index is 3.93. The largest absolute Gasteiger partial charge is 0.297 e. The third-order valence-corrected chi connectivity index (χ3v) is 3.09. The quantitative estimate of drug-likeness (QED) is 0.473. The second-order valence-corrected chi connectivity index (χ2v) is 4.95. The van der Waals surface area contributed by atoms with Gasteiger partial charge in [-0.15, -0.1) is 0 Å². The van der Waals surface area contributed by atoms with Gasteiger partial charge in [0, 0.05) is 13.3 Å². The second kappa shape index (κ2) is 9.32. The van der Waals surface area contributed by atoms with Gasteiger partial charge in [-0.05, 0) is 51.2 Å². The molecule has 1 nitrogen and oxygen atoms in total. The molecule has 0 saturated heterocycles. The first-order chi connectivity index (χ1) is 9.22. The monoisotopic (exact) mass is 255 g/mol. The lowest BCUT2D eigenvalue weighted by Gasteiger charge is -2.07. The zero-order valence-electron chi connectivity index (χ0n) is 12.4. The second-order valence-electron chi connectivity index (χ2n) is 4.95. The van der Waals surface area contributed by atoms with Crippen LogP contribution in [0.1, 0.15) is 39.5 Å². The van der Waals surface area contributed by atoms with E-state index in [9.17, 15) is 0 Å². The maximum Gasteiger partial charge on any atom is 0.0277 e. The van der Waals surface area contributed by atoms with Crippen molar-refractivity contribution in [2.75, 3.05) is 7.05 Å². The molecule has 102 valence electrons. The fraction of sp³-hybridized carbons (Fsp3) is 0.389. The molecular formula is C18H25N. The highest BCUT2D eigenvalue weighted by Gasteiger charge is 1.98. The summed E-state index contributed by atoms with van der Waals surface area (Å²) in [7, 11) is 1.78. The van der Waals surface area contributed by atoms with Crippen molar-refractivity contribution in [1.29, 1.82) is 0 Å². The van der Waals surface area contributed by atoms with E-state index in [-0.39, 0.29) is 0 Å². The molecule has 0 aromatic rings. The Morgan fingerprint density at radius 3 is 2.58 bits per heavy atom. The van der Waals surface area contributed by atoms with Crippen LogP contribution in [0.2, 0.25) is 0 Å². The minimum Gasteiger partial charge on any atom is -0.297 e. The fourth-order valence-corrected chi connectivity index (χ4v) is 1.91. The van der Waals surface area contributed by atoms with Crippen molar-refractivity contribution in [2.45, 2.75) is 39.5 Å². The number of nitrogens with zero attached hydrogens (tertiary/aromatic N) is 1. The van der Waals surface area contributed by atoms with E-state index in [0.29, 0.717) is 0 Å². The van der Waals surface area contributed by atoms with E-state index in [0.717, 1.165) is 0 Å². The number of hydrogen-bond acceptors (Lipinski definition) is 1. The summed E-state index contributed by atoms with van der Waals surface area (Å²) in [6.07, 6.45) is 22.1. The molecule has 0 bridgehead atoms. The van der Waals surface area contributed by atoms with Crippen molar-refractivity contribution in [3.8, 4) is 0 Å². The first kappa shape index (κ1) is 15.4. The summed E-state index contributed by atoms with van der Waals surface area (Å²) >= 11 is 0. The Morgan fingerprint density at radius 2 is 1.89 bits per heavy atom. The van der Waals surface area contributed by atoms with Crippen molar-refractivity contribution in [1.82, 2.24) is 0 Å². The minimum absolute atomic E-state index is 1.20. The lowest BCUT2D eigenvalue weighted by molar-refractivity contribution is 0.712. The molecule has 0 spiro atoms. The molecular weight excluding hydrogens is 230 g/mol. The standard InChI is InChI=1S/C18H25N/c1-16(8-7-9-17(2)14-15-19-3)12-13-18-10-5-4-6-11-18/h7-10,12-15H,4-6,11H2,1-3H3/b9-7+,13-12+,16-8+,17-14+,19-15?. The molecule has 1 aliphatic rings. The summed E-state index contributed by atoms with van der Waals surface area (Å²) in [6.45, 7) is 4.21. The van der Waals surface area contributed by atoms with Gasteiger partial charge in [-0.2, -0.15) is 0 Å². The van der Waals surface area contributed by atoms with Crippen LogP contribution in [0.3, 0.4) is 0 Å². The molecule has 1 aliphatic carbocycles. The average Bonchev–Trinajstić information content (AvgIpc) is 2.44. The lowest BCUT2D eigenvalue weighted by Crippen LogP contribution is -1.88. The van der Waals surface area contributed by atoms with Crippen LogP contribution >= 0.6 is 0 Å². The highest BCUT2D eigenvalue weighted by Crippen LogP contribution is 2.18. The molecule has 0 fully saturated rings. The maximum absolute atomic E-state index is 3.93. The Bertz CT molecular complexity index is 442. The topological polar surface area (TPSA) is 12.4 Å². The molecule has 0 radical (unpaired) electrons. The van der Waals surface area contributed by atoms with E-state index in [1.165, 1.54) is 42.4 Å². The predicted octanol–water partition coefficient (Wildman–Crippen LogP) is 5.19. The van der Waals surface area contributed by atoms with Gasteiger partial charge in [-0.25, -0.2) is 0 Å². The summed E-state index contributed by atoms with van der Waals surface area (Å²) < 4.78 is 0. The third kappa shape index (κ3) is 7.40. The normalized spacial score (nSPS) is 18.8. The minimum atomic E-state index is 1.20. The van der Waals surface area contributed by atoms with E-state index < -0.39 is 0 Å². The fourth-order valence-electron chi connectivity index (χ4n) is 1.91. The van der Waals surface area contributed by atoms with E-state index in [2.05, 4.69) is 55.3 Å². The summed E-state index contributed by atoms with van der Waals surface area (Å²) in [4.78, 5) is 3.93. The number of rotatable bonds is 5. The van der Waals surface area contributed by atoms with Crippen molar-refractivity contribution in [2.24, 2.45) is 4.99 Å². The Hall–Kier alpha value is -1.63. The van der Waals surface area contributed by atoms with Gasteiger partial charge in [0.25, 0.3) is 0 Å². The summed E-state index contributed by atoms with van der Waals surface area (Å²) in [6, 6.07) is 0. The SMILES string of the molecule is CN=C/C=C(C)/C=C/C=C(C)/C=C/C1=CCCCC1.